The fourth-order valence-electron chi connectivity index (χ4n) is 2.78. The maximum Gasteiger partial charge on any atom is 0.241 e. The summed E-state index contributed by atoms with van der Waals surface area (Å²) < 4.78 is 0. The molecular weight excluding hydrogens is 302 g/mol. The molecule has 2 unspecified atom stereocenters. The molecule has 2 amide bonds. The number of nitrogens with zero attached hydrogens (tertiary/aromatic N) is 1. The first-order valence-corrected chi connectivity index (χ1v) is 7.46. The number of halogens is 1. The Morgan fingerprint density at radius 1 is 1.32 bits per heavy atom. The zero-order chi connectivity index (χ0) is 15.0. The maximum absolute atomic E-state index is 12.2. The van der Waals surface area contributed by atoms with Crippen LogP contribution in [0, 0.1) is 6.92 Å². The molecule has 1 heterocycles. The average Bonchev–Trinajstić information content (AvgIpc) is 3.23. The molecule has 0 aromatic heterocycles. The summed E-state index contributed by atoms with van der Waals surface area (Å²) in [5.74, 6) is -0.0685. The van der Waals surface area contributed by atoms with Crippen molar-refractivity contribution in [2.45, 2.75) is 44.3 Å². The van der Waals surface area contributed by atoms with E-state index in [0.717, 1.165) is 24.0 Å². The van der Waals surface area contributed by atoms with Crippen LogP contribution in [0.25, 0.3) is 0 Å². The molecule has 1 aliphatic carbocycles. The van der Waals surface area contributed by atoms with E-state index in [-0.39, 0.29) is 30.3 Å². The summed E-state index contributed by atoms with van der Waals surface area (Å²) in [5.41, 5.74) is 7.92. The first kappa shape index (κ1) is 16.8. The van der Waals surface area contributed by atoms with Gasteiger partial charge in [-0.3, -0.25) is 9.59 Å². The number of amides is 2. The number of carbonyl (C=O) groups excluding carboxylic acids is 2. The van der Waals surface area contributed by atoms with Crippen molar-refractivity contribution in [2.75, 3.05) is 6.54 Å². The van der Waals surface area contributed by atoms with Crippen molar-refractivity contribution >= 4 is 24.2 Å². The Bertz CT molecular complexity index is 557. The number of hydrogen-bond acceptors (Lipinski definition) is 3. The van der Waals surface area contributed by atoms with Gasteiger partial charge in [-0.25, -0.2) is 0 Å². The molecular formula is C16H22ClN3O2. The van der Waals surface area contributed by atoms with Crippen LogP contribution in [0.2, 0.25) is 0 Å². The first-order chi connectivity index (χ1) is 10.0. The van der Waals surface area contributed by atoms with Crippen LogP contribution in [-0.4, -0.2) is 35.3 Å². The predicted octanol–water partition coefficient (Wildman–Crippen LogP) is 1.30. The second-order valence-electron chi connectivity index (χ2n) is 6.08. The van der Waals surface area contributed by atoms with Crippen molar-refractivity contribution in [3.05, 3.63) is 35.4 Å². The molecule has 0 bridgehead atoms. The normalized spacial score (nSPS) is 22.2. The van der Waals surface area contributed by atoms with Gasteiger partial charge in [0.1, 0.15) is 6.04 Å². The monoisotopic (exact) mass is 323 g/mol. The molecule has 1 aromatic rings. The second kappa shape index (κ2) is 6.67. The van der Waals surface area contributed by atoms with Gasteiger partial charge in [-0.2, -0.15) is 0 Å². The average molecular weight is 324 g/mol. The molecule has 2 atom stereocenters. The standard InChI is InChI=1S/C16H21N3O2.ClH/c1-10-2-4-11(5-3-10)15(17)16(21)18-12-8-14(20)19(9-12)13-6-7-13;/h2-5,12-13,15H,6-9,17H2,1H3,(H,18,21);1H. The Morgan fingerprint density at radius 2 is 1.95 bits per heavy atom. The van der Waals surface area contributed by atoms with Gasteiger partial charge in [0, 0.05) is 19.0 Å². The van der Waals surface area contributed by atoms with E-state index in [4.69, 9.17) is 5.73 Å². The molecule has 0 spiro atoms. The van der Waals surface area contributed by atoms with Crippen molar-refractivity contribution in [2.24, 2.45) is 5.73 Å². The van der Waals surface area contributed by atoms with E-state index in [2.05, 4.69) is 5.32 Å². The van der Waals surface area contributed by atoms with Gasteiger partial charge in [-0.15, -0.1) is 12.4 Å². The van der Waals surface area contributed by atoms with Crippen molar-refractivity contribution < 1.29 is 9.59 Å². The molecule has 1 saturated heterocycles. The summed E-state index contributed by atoms with van der Waals surface area (Å²) in [4.78, 5) is 26.0. The van der Waals surface area contributed by atoms with Gasteiger partial charge in [-0.05, 0) is 25.3 Å². The molecule has 1 aliphatic heterocycles. The van der Waals surface area contributed by atoms with E-state index < -0.39 is 6.04 Å². The number of nitrogens with one attached hydrogen (secondary N) is 1. The molecule has 0 radical (unpaired) electrons. The van der Waals surface area contributed by atoms with Crippen molar-refractivity contribution in [1.29, 1.82) is 0 Å². The van der Waals surface area contributed by atoms with Gasteiger partial charge in [0.2, 0.25) is 11.8 Å². The SMILES string of the molecule is Cc1ccc(C(N)C(=O)NC2CC(=O)N(C3CC3)C2)cc1.Cl. The van der Waals surface area contributed by atoms with Crippen molar-refractivity contribution in [3.63, 3.8) is 0 Å². The Balaban J connectivity index is 0.00000176. The summed E-state index contributed by atoms with van der Waals surface area (Å²) >= 11 is 0. The lowest BCUT2D eigenvalue weighted by Crippen LogP contribution is -2.42. The summed E-state index contributed by atoms with van der Waals surface area (Å²) in [6, 6.07) is 7.24. The lowest BCUT2D eigenvalue weighted by molar-refractivity contribution is -0.128. The van der Waals surface area contributed by atoms with E-state index in [0.29, 0.717) is 19.0 Å². The summed E-state index contributed by atoms with van der Waals surface area (Å²) in [5, 5.41) is 2.91. The number of hydrogen-bond donors (Lipinski definition) is 2. The van der Waals surface area contributed by atoms with Crippen LogP contribution in [0.5, 0.6) is 0 Å². The highest BCUT2D eigenvalue weighted by Crippen LogP contribution is 2.30. The highest BCUT2D eigenvalue weighted by Gasteiger charge is 2.40. The quantitative estimate of drug-likeness (QED) is 0.877. The van der Waals surface area contributed by atoms with Crippen LogP contribution in [-0.2, 0) is 9.59 Å². The minimum atomic E-state index is -0.685. The molecule has 1 saturated carbocycles. The third kappa shape index (κ3) is 3.59. The number of nitrogens with two attached hydrogens (primary N) is 1. The summed E-state index contributed by atoms with van der Waals surface area (Å²) in [6.07, 6.45) is 2.58. The Labute approximate surface area is 136 Å². The number of carbonyl (C=O) groups is 2. The molecule has 22 heavy (non-hydrogen) atoms. The fourth-order valence-corrected chi connectivity index (χ4v) is 2.78. The first-order valence-electron chi connectivity index (χ1n) is 7.46. The topological polar surface area (TPSA) is 75.4 Å². The van der Waals surface area contributed by atoms with Crippen LogP contribution in [0.1, 0.15) is 36.4 Å². The molecule has 3 N–H and O–H groups in total. The zero-order valence-corrected chi connectivity index (χ0v) is 13.4. The molecule has 120 valence electrons. The molecule has 1 aromatic carbocycles. The minimum absolute atomic E-state index is 0. The van der Waals surface area contributed by atoms with E-state index in [1.54, 1.807) is 0 Å². The molecule has 5 nitrogen and oxygen atoms in total. The highest BCUT2D eigenvalue weighted by molar-refractivity contribution is 5.86. The smallest absolute Gasteiger partial charge is 0.241 e. The number of likely N-dealkylation sites (tertiary alicyclic amines) is 1. The summed E-state index contributed by atoms with van der Waals surface area (Å²) in [7, 11) is 0. The predicted molar refractivity (Wildman–Crippen MR) is 86.6 cm³/mol. The van der Waals surface area contributed by atoms with Crippen LogP contribution < -0.4 is 11.1 Å². The lowest BCUT2D eigenvalue weighted by atomic mass is 10.0. The van der Waals surface area contributed by atoms with E-state index in [1.165, 1.54) is 0 Å². The Hall–Kier alpha value is -1.59. The van der Waals surface area contributed by atoms with Crippen LogP contribution in [0.15, 0.2) is 24.3 Å². The zero-order valence-electron chi connectivity index (χ0n) is 12.6. The van der Waals surface area contributed by atoms with Gasteiger partial charge in [0.05, 0.1) is 6.04 Å². The largest absolute Gasteiger partial charge is 0.349 e. The third-order valence-electron chi connectivity index (χ3n) is 4.21. The van der Waals surface area contributed by atoms with Crippen LogP contribution in [0.4, 0.5) is 0 Å². The second-order valence-corrected chi connectivity index (χ2v) is 6.08. The van der Waals surface area contributed by atoms with Gasteiger partial charge >= 0.3 is 0 Å². The van der Waals surface area contributed by atoms with Crippen LogP contribution in [0.3, 0.4) is 0 Å². The third-order valence-corrected chi connectivity index (χ3v) is 4.21. The van der Waals surface area contributed by atoms with Gasteiger partial charge < -0.3 is 16.0 Å². The fraction of sp³-hybridized carbons (Fsp3) is 0.500. The summed E-state index contributed by atoms with van der Waals surface area (Å²) in [6.45, 7) is 2.61. The van der Waals surface area contributed by atoms with E-state index in [1.807, 2.05) is 36.1 Å². The number of aryl methyl sites for hydroxylation is 1. The molecule has 2 fully saturated rings. The number of rotatable bonds is 4. The lowest BCUT2D eigenvalue weighted by Gasteiger charge is -2.18. The van der Waals surface area contributed by atoms with E-state index in [9.17, 15) is 9.59 Å². The molecule has 2 aliphatic rings. The molecule has 3 rings (SSSR count). The highest BCUT2D eigenvalue weighted by atomic mass is 35.5. The number of benzene rings is 1. The van der Waals surface area contributed by atoms with Gasteiger partial charge in [-0.1, -0.05) is 29.8 Å². The van der Waals surface area contributed by atoms with E-state index >= 15 is 0 Å². The Morgan fingerprint density at radius 3 is 2.55 bits per heavy atom. The van der Waals surface area contributed by atoms with Gasteiger partial charge in [0.25, 0.3) is 0 Å². The van der Waals surface area contributed by atoms with Gasteiger partial charge in [0.15, 0.2) is 0 Å². The van der Waals surface area contributed by atoms with Crippen molar-refractivity contribution in [1.82, 2.24) is 10.2 Å². The Kier molecular flexibility index (Phi) is 5.08. The molecule has 6 heteroatoms. The van der Waals surface area contributed by atoms with Crippen LogP contribution >= 0.6 is 12.4 Å². The maximum atomic E-state index is 12.2. The van der Waals surface area contributed by atoms with Crippen molar-refractivity contribution in [3.8, 4) is 0 Å². The minimum Gasteiger partial charge on any atom is -0.349 e.